The molecular formula is C19H35NOS. The SMILES string of the molecule is CC1=CC=C([C@@H](C)CC(NCC(C)C)SCC(C)(C)O)CC1. The van der Waals surface area contributed by atoms with E-state index in [9.17, 15) is 5.11 Å². The van der Waals surface area contributed by atoms with E-state index < -0.39 is 5.60 Å². The predicted molar refractivity (Wildman–Crippen MR) is 100 cm³/mol. The summed E-state index contributed by atoms with van der Waals surface area (Å²) in [5.41, 5.74) is 2.46. The van der Waals surface area contributed by atoms with Crippen LogP contribution in [0.5, 0.6) is 0 Å². The standard InChI is InChI=1S/C19H35NOS/c1-14(2)12-20-18(22-13-19(5,6)21)11-16(4)17-9-7-15(3)8-10-17/h7,9,14,16,18,20-21H,8,10-13H2,1-6H3/t16-,18?/m0/s1. The molecule has 0 aromatic heterocycles. The molecule has 1 aliphatic carbocycles. The fourth-order valence-corrected chi connectivity index (χ4v) is 3.77. The molecule has 1 unspecified atom stereocenters. The largest absolute Gasteiger partial charge is 0.390 e. The van der Waals surface area contributed by atoms with E-state index in [0.717, 1.165) is 18.7 Å². The molecule has 0 aromatic carbocycles. The minimum atomic E-state index is -0.602. The summed E-state index contributed by atoms with van der Waals surface area (Å²) in [7, 11) is 0. The lowest BCUT2D eigenvalue weighted by atomic mass is 9.88. The first-order valence-corrected chi connectivity index (χ1v) is 9.66. The van der Waals surface area contributed by atoms with E-state index >= 15 is 0 Å². The van der Waals surface area contributed by atoms with Gasteiger partial charge in [-0.1, -0.05) is 44.1 Å². The van der Waals surface area contributed by atoms with Gasteiger partial charge < -0.3 is 10.4 Å². The average Bonchev–Trinajstić information content (AvgIpc) is 2.41. The highest BCUT2D eigenvalue weighted by Crippen LogP contribution is 2.30. The van der Waals surface area contributed by atoms with Crippen molar-refractivity contribution < 1.29 is 5.11 Å². The van der Waals surface area contributed by atoms with Crippen molar-refractivity contribution in [1.29, 1.82) is 0 Å². The van der Waals surface area contributed by atoms with Crippen LogP contribution in [0.3, 0.4) is 0 Å². The topological polar surface area (TPSA) is 32.3 Å². The molecule has 128 valence electrons. The Morgan fingerprint density at radius 3 is 2.41 bits per heavy atom. The first-order valence-electron chi connectivity index (χ1n) is 8.61. The monoisotopic (exact) mass is 325 g/mol. The van der Waals surface area contributed by atoms with E-state index in [4.69, 9.17) is 0 Å². The van der Waals surface area contributed by atoms with Crippen molar-refractivity contribution >= 4 is 11.8 Å². The second kappa shape index (κ2) is 9.14. The lowest BCUT2D eigenvalue weighted by molar-refractivity contribution is 0.106. The summed E-state index contributed by atoms with van der Waals surface area (Å²) in [4.78, 5) is 0. The third kappa shape index (κ3) is 8.40. The van der Waals surface area contributed by atoms with Gasteiger partial charge in [-0.05, 0) is 58.4 Å². The highest BCUT2D eigenvalue weighted by atomic mass is 32.2. The summed E-state index contributed by atoms with van der Waals surface area (Å²) < 4.78 is 0. The lowest BCUT2D eigenvalue weighted by Crippen LogP contribution is -2.34. The van der Waals surface area contributed by atoms with Gasteiger partial charge in [-0.25, -0.2) is 0 Å². The summed E-state index contributed by atoms with van der Waals surface area (Å²) in [5, 5.41) is 14.1. The van der Waals surface area contributed by atoms with Crippen molar-refractivity contribution in [2.45, 2.75) is 71.8 Å². The maximum absolute atomic E-state index is 9.99. The Hall–Kier alpha value is -0.250. The molecule has 1 aliphatic rings. The van der Waals surface area contributed by atoms with Gasteiger partial charge in [0.2, 0.25) is 0 Å². The molecule has 0 aromatic rings. The Labute approximate surface area is 141 Å². The van der Waals surface area contributed by atoms with Crippen LogP contribution in [0.15, 0.2) is 23.3 Å². The number of aliphatic hydroxyl groups is 1. The number of nitrogens with one attached hydrogen (secondary N) is 1. The normalized spacial score (nSPS) is 18.9. The Kier molecular flexibility index (Phi) is 8.23. The third-order valence-corrected chi connectivity index (χ3v) is 5.62. The fourth-order valence-electron chi connectivity index (χ4n) is 2.52. The summed E-state index contributed by atoms with van der Waals surface area (Å²) in [6, 6.07) is 0. The zero-order chi connectivity index (χ0) is 16.8. The predicted octanol–water partition coefficient (Wildman–Crippen LogP) is 4.75. The van der Waals surface area contributed by atoms with Crippen LogP contribution in [-0.2, 0) is 0 Å². The van der Waals surface area contributed by atoms with E-state index in [1.165, 1.54) is 18.4 Å². The van der Waals surface area contributed by atoms with Crippen molar-refractivity contribution in [1.82, 2.24) is 5.32 Å². The molecule has 0 radical (unpaired) electrons. The maximum atomic E-state index is 9.99. The van der Waals surface area contributed by atoms with Gasteiger partial charge in [0.25, 0.3) is 0 Å². The van der Waals surface area contributed by atoms with Gasteiger partial charge in [0.15, 0.2) is 0 Å². The van der Waals surface area contributed by atoms with E-state index in [1.54, 1.807) is 5.57 Å². The van der Waals surface area contributed by atoms with Crippen LogP contribution in [0.25, 0.3) is 0 Å². The van der Waals surface area contributed by atoms with Crippen LogP contribution >= 0.6 is 11.8 Å². The molecule has 2 nitrogen and oxygen atoms in total. The number of hydrogen-bond acceptors (Lipinski definition) is 3. The van der Waals surface area contributed by atoms with Crippen molar-refractivity contribution in [3.63, 3.8) is 0 Å². The Bertz CT molecular complexity index is 393. The average molecular weight is 326 g/mol. The Balaban J connectivity index is 2.58. The maximum Gasteiger partial charge on any atom is 0.0682 e. The van der Waals surface area contributed by atoms with E-state index in [2.05, 4.69) is 45.2 Å². The molecule has 2 N–H and O–H groups in total. The molecule has 0 fully saturated rings. The molecule has 0 saturated heterocycles. The van der Waals surface area contributed by atoms with Crippen LogP contribution in [0, 0.1) is 11.8 Å². The van der Waals surface area contributed by atoms with Crippen LogP contribution < -0.4 is 5.32 Å². The highest BCUT2D eigenvalue weighted by Gasteiger charge is 2.21. The number of thioether (sulfide) groups is 1. The van der Waals surface area contributed by atoms with Gasteiger partial charge in [-0.15, -0.1) is 11.8 Å². The molecule has 0 spiro atoms. The second-order valence-corrected chi connectivity index (χ2v) is 9.00. The molecule has 0 saturated carbocycles. The van der Waals surface area contributed by atoms with Gasteiger partial charge in [0.05, 0.1) is 11.0 Å². The van der Waals surface area contributed by atoms with Gasteiger partial charge >= 0.3 is 0 Å². The molecule has 0 aliphatic heterocycles. The summed E-state index contributed by atoms with van der Waals surface area (Å²) in [6.45, 7) is 13.9. The van der Waals surface area contributed by atoms with Gasteiger partial charge in [0, 0.05) is 5.75 Å². The second-order valence-electron chi connectivity index (χ2n) is 7.81. The molecule has 0 heterocycles. The van der Waals surface area contributed by atoms with Crippen molar-refractivity contribution in [2.75, 3.05) is 12.3 Å². The zero-order valence-corrected chi connectivity index (χ0v) is 16.1. The highest BCUT2D eigenvalue weighted by molar-refractivity contribution is 7.99. The number of allylic oxidation sites excluding steroid dienone is 4. The molecular weight excluding hydrogens is 290 g/mol. The van der Waals surface area contributed by atoms with Crippen molar-refractivity contribution in [2.24, 2.45) is 11.8 Å². The lowest BCUT2D eigenvalue weighted by Gasteiger charge is -2.27. The molecule has 1 rings (SSSR count). The van der Waals surface area contributed by atoms with Crippen LogP contribution in [0.4, 0.5) is 0 Å². The zero-order valence-electron chi connectivity index (χ0n) is 15.3. The van der Waals surface area contributed by atoms with Gasteiger partial charge in [0.1, 0.15) is 0 Å². The summed E-state index contributed by atoms with van der Waals surface area (Å²) >= 11 is 1.86. The molecule has 2 atom stereocenters. The number of hydrogen-bond donors (Lipinski definition) is 2. The van der Waals surface area contributed by atoms with Crippen LogP contribution in [0.1, 0.15) is 60.8 Å². The van der Waals surface area contributed by atoms with E-state index in [1.807, 2.05) is 25.6 Å². The minimum Gasteiger partial charge on any atom is -0.390 e. The molecule has 0 bridgehead atoms. The minimum absolute atomic E-state index is 0.414. The van der Waals surface area contributed by atoms with Gasteiger partial charge in [-0.3, -0.25) is 0 Å². The first kappa shape index (κ1) is 19.8. The number of rotatable bonds is 9. The molecule has 0 amide bonds. The van der Waals surface area contributed by atoms with Crippen molar-refractivity contribution in [3.05, 3.63) is 23.3 Å². The van der Waals surface area contributed by atoms with E-state index in [0.29, 0.717) is 17.2 Å². The van der Waals surface area contributed by atoms with E-state index in [-0.39, 0.29) is 0 Å². The molecule has 3 heteroatoms. The Morgan fingerprint density at radius 2 is 1.91 bits per heavy atom. The van der Waals surface area contributed by atoms with Crippen LogP contribution in [0.2, 0.25) is 0 Å². The Morgan fingerprint density at radius 1 is 1.23 bits per heavy atom. The summed E-state index contributed by atoms with van der Waals surface area (Å²) in [5.74, 6) is 2.02. The third-order valence-electron chi connectivity index (χ3n) is 3.98. The summed E-state index contributed by atoms with van der Waals surface area (Å²) in [6.07, 6.45) is 8.14. The molecule has 22 heavy (non-hydrogen) atoms. The first-order chi connectivity index (χ1) is 10.2. The fraction of sp³-hybridized carbons (Fsp3) is 0.789. The van der Waals surface area contributed by atoms with Crippen LogP contribution in [-0.4, -0.2) is 28.4 Å². The van der Waals surface area contributed by atoms with Crippen molar-refractivity contribution in [3.8, 4) is 0 Å². The smallest absolute Gasteiger partial charge is 0.0682 e. The van der Waals surface area contributed by atoms with Gasteiger partial charge in [-0.2, -0.15) is 0 Å². The quantitative estimate of drug-likeness (QED) is 0.600.